The van der Waals surface area contributed by atoms with Gasteiger partial charge < -0.3 is 0 Å². The van der Waals surface area contributed by atoms with Crippen molar-refractivity contribution in [2.45, 2.75) is 11.3 Å². The molecule has 10 heteroatoms. The number of nitrogens with one attached hydrogen (secondary N) is 1. The quantitative estimate of drug-likeness (QED) is 0.478. The van der Waals surface area contributed by atoms with E-state index in [1.54, 1.807) is 12.1 Å². The molecule has 3 aromatic rings. The van der Waals surface area contributed by atoms with Gasteiger partial charge in [0.25, 0.3) is 5.69 Å². The zero-order valence-electron chi connectivity index (χ0n) is 13.8. The second-order valence-electron chi connectivity index (χ2n) is 5.53. The van der Waals surface area contributed by atoms with E-state index in [-0.39, 0.29) is 17.1 Å². The fourth-order valence-electron chi connectivity index (χ4n) is 2.30. The Bertz CT molecular complexity index is 1050. The van der Waals surface area contributed by atoms with Gasteiger partial charge in [-0.3, -0.25) is 10.1 Å². The predicted molar refractivity (Wildman–Crippen MR) is 99.5 cm³/mol. The minimum absolute atomic E-state index is 0.00408. The van der Waals surface area contributed by atoms with Gasteiger partial charge in [0.05, 0.1) is 20.5 Å². The Morgan fingerprint density at radius 1 is 1.11 bits per heavy atom. The molecule has 0 aliphatic carbocycles. The molecule has 0 amide bonds. The Kier molecular flexibility index (Phi) is 5.59. The molecule has 27 heavy (non-hydrogen) atoms. The molecule has 0 spiro atoms. The average Bonchev–Trinajstić information content (AvgIpc) is 3.11. The van der Waals surface area contributed by atoms with E-state index in [9.17, 15) is 22.9 Å². The first-order valence-electron chi connectivity index (χ1n) is 7.79. The van der Waals surface area contributed by atoms with Crippen molar-refractivity contribution in [3.8, 4) is 11.3 Å². The molecule has 0 radical (unpaired) electrons. The number of thiazole rings is 1. The highest BCUT2D eigenvalue weighted by Crippen LogP contribution is 2.24. The zero-order chi connectivity index (χ0) is 19.4. The first-order valence-corrected chi connectivity index (χ1v) is 10.2. The van der Waals surface area contributed by atoms with Crippen LogP contribution in [0.5, 0.6) is 0 Å². The van der Waals surface area contributed by atoms with Crippen LogP contribution >= 0.6 is 11.3 Å². The molecule has 140 valence electrons. The van der Waals surface area contributed by atoms with Crippen molar-refractivity contribution in [1.82, 2.24) is 9.71 Å². The van der Waals surface area contributed by atoms with E-state index in [2.05, 4.69) is 9.71 Å². The van der Waals surface area contributed by atoms with Crippen LogP contribution in [0.2, 0.25) is 0 Å². The van der Waals surface area contributed by atoms with E-state index in [0.29, 0.717) is 12.1 Å². The zero-order valence-corrected chi connectivity index (χ0v) is 15.5. The topological polar surface area (TPSA) is 102 Å². The second-order valence-corrected chi connectivity index (χ2v) is 8.24. The number of rotatable bonds is 7. The molecular weight excluding hydrogens is 393 g/mol. The van der Waals surface area contributed by atoms with E-state index in [1.165, 1.54) is 35.6 Å². The molecule has 1 heterocycles. The van der Waals surface area contributed by atoms with Gasteiger partial charge in [-0.25, -0.2) is 22.5 Å². The van der Waals surface area contributed by atoms with E-state index >= 15 is 0 Å². The minimum Gasteiger partial charge on any atom is -0.258 e. The number of nitrogens with zero attached hydrogens (tertiary/aromatic N) is 2. The molecule has 0 aliphatic heterocycles. The molecule has 0 unspecified atom stereocenters. The summed E-state index contributed by atoms with van der Waals surface area (Å²) >= 11 is 1.37. The summed E-state index contributed by atoms with van der Waals surface area (Å²) in [5.74, 6) is -0.504. The molecule has 0 saturated heterocycles. The normalized spacial score (nSPS) is 11.4. The monoisotopic (exact) mass is 407 g/mol. The third-order valence-electron chi connectivity index (χ3n) is 3.68. The van der Waals surface area contributed by atoms with Crippen molar-refractivity contribution in [3.05, 3.63) is 74.9 Å². The van der Waals surface area contributed by atoms with Crippen LogP contribution in [0, 0.1) is 15.9 Å². The summed E-state index contributed by atoms with van der Waals surface area (Å²) in [6.45, 7) is 0.146. The fraction of sp³-hybridized carbons (Fsp3) is 0.118. The van der Waals surface area contributed by atoms with E-state index in [0.717, 1.165) is 22.7 Å². The third kappa shape index (κ3) is 4.73. The van der Waals surface area contributed by atoms with Crippen LogP contribution in [0.25, 0.3) is 11.3 Å². The Morgan fingerprint density at radius 3 is 2.41 bits per heavy atom. The van der Waals surface area contributed by atoms with Crippen LogP contribution in [0.4, 0.5) is 10.1 Å². The summed E-state index contributed by atoms with van der Waals surface area (Å²) in [6.07, 6.45) is 0.387. The molecule has 1 N–H and O–H groups in total. The van der Waals surface area contributed by atoms with Gasteiger partial charge in [-0.1, -0.05) is 0 Å². The highest BCUT2D eigenvalue weighted by Gasteiger charge is 2.14. The summed E-state index contributed by atoms with van der Waals surface area (Å²) < 4.78 is 39.6. The molecule has 0 bridgehead atoms. The molecular formula is C17H14FN3O4S2. The first-order chi connectivity index (χ1) is 12.8. The molecule has 0 saturated carbocycles. The van der Waals surface area contributed by atoms with Gasteiger partial charge in [-0.05, 0) is 36.4 Å². The maximum absolute atomic E-state index is 12.9. The van der Waals surface area contributed by atoms with Crippen LogP contribution in [0.15, 0.2) is 58.8 Å². The van der Waals surface area contributed by atoms with E-state index < -0.39 is 20.8 Å². The largest absolute Gasteiger partial charge is 0.269 e. The van der Waals surface area contributed by atoms with Crippen molar-refractivity contribution < 1.29 is 17.7 Å². The second kappa shape index (κ2) is 7.91. The molecule has 0 atom stereocenters. The fourth-order valence-corrected chi connectivity index (χ4v) is 4.14. The highest BCUT2D eigenvalue weighted by atomic mass is 32.2. The van der Waals surface area contributed by atoms with Crippen molar-refractivity contribution in [2.75, 3.05) is 6.54 Å². The first kappa shape index (κ1) is 19.1. The summed E-state index contributed by atoms with van der Waals surface area (Å²) in [7, 11) is -3.71. The predicted octanol–water partition coefficient (Wildman–Crippen LogP) is 3.38. The van der Waals surface area contributed by atoms with Crippen LogP contribution in [0.1, 0.15) is 5.01 Å². The van der Waals surface area contributed by atoms with Gasteiger partial charge in [0.1, 0.15) is 5.82 Å². The molecule has 3 rings (SSSR count). The summed E-state index contributed by atoms with van der Waals surface area (Å²) in [4.78, 5) is 14.6. The number of hydrogen-bond donors (Lipinski definition) is 1. The summed E-state index contributed by atoms with van der Waals surface area (Å²) in [5, 5.41) is 13.2. The number of aromatic nitrogens is 1. The van der Waals surface area contributed by atoms with Crippen molar-refractivity contribution >= 4 is 27.0 Å². The molecule has 7 nitrogen and oxygen atoms in total. The lowest BCUT2D eigenvalue weighted by Gasteiger charge is -2.05. The van der Waals surface area contributed by atoms with E-state index in [1.807, 2.05) is 5.38 Å². The average molecular weight is 407 g/mol. The standard InChI is InChI=1S/C17H14FN3O4S2/c18-13-3-7-15(8-4-13)27(24,25)19-10-9-17-20-16(11-26-17)12-1-5-14(6-2-12)21(22)23/h1-8,11,19H,9-10H2. The van der Waals surface area contributed by atoms with Crippen LogP contribution < -0.4 is 4.72 Å². The lowest BCUT2D eigenvalue weighted by atomic mass is 10.1. The Morgan fingerprint density at radius 2 is 1.78 bits per heavy atom. The van der Waals surface area contributed by atoms with Crippen molar-refractivity contribution in [2.24, 2.45) is 0 Å². The van der Waals surface area contributed by atoms with Gasteiger partial charge in [0, 0.05) is 36.0 Å². The number of non-ortho nitro benzene ring substituents is 1. The van der Waals surface area contributed by atoms with Gasteiger partial charge in [-0.15, -0.1) is 11.3 Å². The minimum atomic E-state index is -3.71. The number of benzene rings is 2. The number of nitro groups is 1. The van der Waals surface area contributed by atoms with E-state index in [4.69, 9.17) is 0 Å². The van der Waals surface area contributed by atoms with Gasteiger partial charge in [0.2, 0.25) is 10.0 Å². The summed E-state index contributed by atoms with van der Waals surface area (Å²) in [5.41, 5.74) is 1.42. The maximum Gasteiger partial charge on any atom is 0.269 e. The number of hydrogen-bond acceptors (Lipinski definition) is 6. The molecule has 0 aliphatic rings. The van der Waals surface area contributed by atoms with Gasteiger partial charge in [-0.2, -0.15) is 0 Å². The highest BCUT2D eigenvalue weighted by molar-refractivity contribution is 7.89. The lowest BCUT2D eigenvalue weighted by Crippen LogP contribution is -2.25. The Hall–Kier alpha value is -2.69. The number of halogens is 1. The molecule has 2 aromatic carbocycles. The van der Waals surface area contributed by atoms with Gasteiger partial charge >= 0.3 is 0 Å². The maximum atomic E-state index is 12.9. The van der Waals surface area contributed by atoms with Crippen molar-refractivity contribution in [1.29, 1.82) is 0 Å². The van der Waals surface area contributed by atoms with Gasteiger partial charge in [0.15, 0.2) is 0 Å². The number of nitro benzene ring substituents is 1. The Balaban J connectivity index is 1.61. The van der Waals surface area contributed by atoms with Crippen LogP contribution in [-0.4, -0.2) is 24.9 Å². The van der Waals surface area contributed by atoms with Crippen molar-refractivity contribution in [3.63, 3.8) is 0 Å². The van der Waals surface area contributed by atoms with Crippen LogP contribution in [0.3, 0.4) is 0 Å². The van der Waals surface area contributed by atoms with Crippen LogP contribution in [-0.2, 0) is 16.4 Å². The molecule has 1 aromatic heterocycles. The third-order valence-corrected chi connectivity index (χ3v) is 6.07. The lowest BCUT2D eigenvalue weighted by molar-refractivity contribution is -0.384. The summed E-state index contributed by atoms with van der Waals surface area (Å²) in [6, 6.07) is 10.6. The molecule has 0 fully saturated rings. The SMILES string of the molecule is O=[N+]([O-])c1ccc(-c2csc(CCNS(=O)(=O)c3ccc(F)cc3)n2)cc1. The Labute approximate surface area is 158 Å². The smallest absolute Gasteiger partial charge is 0.258 e. The number of sulfonamides is 1.